The van der Waals surface area contributed by atoms with E-state index < -0.39 is 0 Å². The van der Waals surface area contributed by atoms with Crippen molar-refractivity contribution < 1.29 is 9.59 Å². The first-order valence-corrected chi connectivity index (χ1v) is 9.93. The predicted octanol–water partition coefficient (Wildman–Crippen LogP) is 2.15. The molecule has 0 spiro atoms. The minimum atomic E-state index is 0.213. The number of hydrogen-bond acceptors (Lipinski definition) is 3. The van der Waals surface area contributed by atoms with Crippen molar-refractivity contribution in [2.75, 3.05) is 45.8 Å². The summed E-state index contributed by atoms with van der Waals surface area (Å²) < 4.78 is 1.05. The SMILES string of the molecule is O=C(CCc1cccc(Br)c1)N1CCN(CC(=O)N2CCCC2)CC1. The Labute approximate surface area is 158 Å². The summed E-state index contributed by atoms with van der Waals surface area (Å²) in [6, 6.07) is 8.11. The van der Waals surface area contributed by atoms with Crippen molar-refractivity contribution in [3.63, 3.8) is 0 Å². The van der Waals surface area contributed by atoms with Gasteiger partial charge >= 0.3 is 0 Å². The third-order valence-corrected chi connectivity index (χ3v) is 5.55. The lowest BCUT2D eigenvalue weighted by Gasteiger charge is -2.35. The van der Waals surface area contributed by atoms with Crippen LogP contribution in [-0.2, 0) is 16.0 Å². The maximum Gasteiger partial charge on any atom is 0.236 e. The van der Waals surface area contributed by atoms with Gasteiger partial charge in [0.2, 0.25) is 11.8 Å². The van der Waals surface area contributed by atoms with Gasteiger partial charge in [-0.15, -0.1) is 0 Å². The molecule has 0 aliphatic carbocycles. The van der Waals surface area contributed by atoms with Gasteiger partial charge in [-0.2, -0.15) is 0 Å². The lowest BCUT2D eigenvalue weighted by molar-refractivity contribution is -0.134. The second-order valence-corrected chi connectivity index (χ2v) is 7.79. The maximum absolute atomic E-state index is 12.4. The predicted molar refractivity (Wildman–Crippen MR) is 101 cm³/mol. The van der Waals surface area contributed by atoms with E-state index in [0.717, 1.165) is 63.0 Å². The zero-order valence-electron chi connectivity index (χ0n) is 14.6. The number of carbonyl (C=O) groups is 2. The molecule has 136 valence electrons. The Morgan fingerprint density at radius 1 is 0.920 bits per heavy atom. The highest BCUT2D eigenvalue weighted by molar-refractivity contribution is 9.10. The zero-order chi connectivity index (χ0) is 17.6. The second-order valence-electron chi connectivity index (χ2n) is 6.87. The molecule has 1 aromatic rings. The molecule has 2 fully saturated rings. The fourth-order valence-corrected chi connectivity index (χ4v) is 3.96. The van der Waals surface area contributed by atoms with E-state index >= 15 is 0 Å². The number of benzene rings is 1. The Morgan fingerprint density at radius 2 is 1.60 bits per heavy atom. The van der Waals surface area contributed by atoms with E-state index in [1.54, 1.807) is 0 Å². The molecule has 6 heteroatoms. The molecule has 0 atom stereocenters. The first-order chi connectivity index (χ1) is 12.1. The van der Waals surface area contributed by atoms with Crippen LogP contribution in [0.4, 0.5) is 0 Å². The zero-order valence-corrected chi connectivity index (χ0v) is 16.2. The fourth-order valence-electron chi connectivity index (χ4n) is 3.52. The molecule has 0 saturated carbocycles. The Kier molecular flexibility index (Phi) is 6.48. The van der Waals surface area contributed by atoms with Crippen molar-refractivity contribution in [1.82, 2.24) is 14.7 Å². The lowest BCUT2D eigenvalue weighted by atomic mass is 10.1. The summed E-state index contributed by atoms with van der Waals surface area (Å²) in [5.74, 6) is 0.456. The standard InChI is InChI=1S/C19H26BrN3O2/c20-17-5-3-4-16(14-17)6-7-18(24)23-12-10-21(11-13-23)15-19(25)22-8-1-2-9-22/h3-5,14H,1-2,6-13,15H2. The van der Waals surface area contributed by atoms with Gasteiger partial charge in [0, 0.05) is 50.2 Å². The number of halogens is 1. The summed E-state index contributed by atoms with van der Waals surface area (Å²) in [7, 11) is 0. The first-order valence-electron chi connectivity index (χ1n) is 9.14. The molecule has 2 heterocycles. The summed E-state index contributed by atoms with van der Waals surface area (Å²) in [5.41, 5.74) is 1.18. The molecule has 5 nitrogen and oxygen atoms in total. The van der Waals surface area contributed by atoms with Crippen molar-refractivity contribution in [3.8, 4) is 0 Å². The lowest BCUT2D eigenvalue weighted by Crippen LogP contribution is -2.51. The van der Waals surface area contributed by atoms with Crippen molar-refractivity contribution >= 4 is 27.7 Å². The molecule has 0 unspecified atom stereocenters. The van der Waals surface area contributed by atoms with Crippen molar-refractivity contribution in [3.05, 3.63) is 34.3 Å². The number of amides is 2. The molecule has 1 aromatic carbocycles. The Hall–Kier alpha value is -1.40. The van der Waals surface area contributed by atoms with Crippen LogP contribution >= 0.6 is 15.9 Å². The van der Waals surface area contributed by atoms with E-state index in [1.807, 2.05) is 21.9 Å². The average molecular weight is 408 g/mol. The van der Waals surface area contributed by atoms with Crippen LogP contribution in [0.2, 0.25) is 0 Å². The van der Waals surface area contributed by atoms with Gasteiger partial charge in [-0.05, 0) is 37.0 Å². The first kappa shape index (κ1) is 18.4. The van der Waals surface area contributed by atoms with Crippen LogP contribution in [0.1, 0.15) is 24.8 Å². The van der Waals surface area contributed by atoms with E-state index in [9.17, 15) is 9.59 Å². The second kappa shape index (κ2) is 8.81. The normalized spacial score (nSPS) is 18.6. The molecule has 2 amide bonds. The molecular formula is C19H26BrN3O2. The molecule has 0 N–H and O–H groups in total. The minimum Gasteiger partial charge on any atom is -0.342 e. The van der Waals surface area contributed by atoms with E-state index in [-0.39, 0.29) is 11.8 Å². The molecule has 2 aliphatic heterocycles. The smallest absolute Gasteiger partial charge is 0.236 e. The van der Waals surface area contributed by atoms with Gasteiger partial charge in [0.15, 0.2) is 0 Å². The Morgan fingerprint density at radius 3 is 2.28 bits per heavy atom. The summed E-state index contributed by atoms with van der Waals surface area (Å²) >= 11 is 3.46. The van der Waals surface area contributed by atoms with Crippen LogP contribution < -0.4 is 0 Å². The van der Waals surface area contributed by atoms with Gasteiger partial charge in [0.25, 0.3) is 0 Å². The maximum atomic E-state index is 12.4. The van der Waals surface area contributed by atoms with E-state index in [2.05, 4.69) is 33.0 Å². The highest BCUT2D eigenvalue weighted by Crippen LogP contribution is 2.14. The van der Waals surface area contributed by atoms with Crippen LogP contribution in [0.15, 0.2) is 28.7 Å². The number of carbonyl (C=O) groups excluding carboxylic acids is 2. The summed E-state index contributed by atoms with van der Waals surface area (Å²) in [6.07, 6.45) is 3.58. The topological polar surface area (TPSA) is 43.9 Å². The number of hydrogen-bond donors (Lipinski definition) is 0. The van der Waals surface area contributed by atoms with Crippen LogP contribution in [0.3, 0.4) is 0 Å². The number of piperazine rings is 1. The van der Waals surface area contributed by atoms with Crippen molar-refractivity contribution in [1.29, 1.82) is 0 Å². The summed E-state index contributed by atoms with van der Waals surface area (Å²) in [5, 5.41) is 0. The molecule has 0 aromatic heterocycles. The Balaban J connectivity index is 1.39. The quantitative estimate of drug-likeness (QED) is 0.750. The molecular weight excluding hydrogens is 382 g/mol. The molecule has 0 bridgehead atoms. The van der Waals surface area contributed by atoms with Gasteiger partial charge in [0.1, 0.15) is 0 Å². The summed E-state index contributed by atoms with van der Waals surface area (Å²) in [4.78, 5) is 30.7. The molecule has 25 heavy (non-hydrogen) atoms. The fraction of sp³-hybridized carbons (Fsp3) is 0.579. The number of aryl methyl sites for hydroxylation is 1. The van der Waals surface area contributed by atoms with Crippen LogP contribution in [0, 0.1) is 0 Å². The highest BCUT2D eigenvalue weighted by atomic mass is 79.9. The monoisotopic (exact) mass is 407 g/mol. The van der Waals surface area contributed by atoms with Gasteiger partial charge in [-0.3, -0.25) is 14.5 Å². The van der Waals surface area contributed by atoms with Gasteiger partial charge in [0.05, 0.1) is 6.54 Å². The van der Waals surface area contributed by atoms with Crippen LogP contribution in [-0.4, -0.2) is 72.3 Å². The summed E-state index contributed by atoms with van der Waals surface area (Å²) in [6.45, 7) is 5.36. The molecule has 2 saturated heterocycles. The number of likely N-dealkylation sites (tertiary alicyclic amines) is 1. The van der Waals surface area contributed by atoms with Gasteiger partial charge < -0.3 is 9.80 Å². The van der Waals surface area contributed by atoms with E-state index in [1.165, 1.54) is 5.56 Å². The van der Waals surface area contributed by atoms with Crippen molar-refractivity contribution in [2.45, 2.75) is 25.7 Å². The average Bonchev–Trinajstić information content (AvgIpc) is 3.15. The minimum absolute atomic E-state index is 0.213. The molecule has 0 radical (unpaired) electrons. The molecule has 3 rings (SSSR count). The number of nitrogens with zero attached hydrogens (tertiary/aromatic N) is 3. The van der Waals surface area contributed by atoms with Gasteiger partial charge in [-0.1, -0.05) is 28.1 Å². The highest BCUT2D eigenvalue weighted by Gasteiger charge is 2.25. The Bertz CT molecular complexity index is 608. The van der Waals surface area contributed by atoms with Crippen molar-refractivity contribution in [2.24, 2.45) is 0 Å². The third-order valence-electron chi connectivity index (χ3n) is 5.06. The number of rotatable bonds is 5. The van der Waals surface area contributed by atoms with Gasteiger partial charge in [-0.25, -0.2) is 0 Å². The molecule has 2 aliphatic rings. The largest absolute Gasteiger partial charge is 0.342 e. The van der Waals surface area contributed by atoms with E-state index in [0.29, 0.717) is 13.0 Å². The van der Waals surface area contributed by atoms with Crippen LogP contribution in [0.5, 0.6) is 0 Å². The third kappa shape index (κ3) is 5.28. The van der Waals surface area contributed by atoms with E-state index in [4.69, 9.17) is 0 Å². The van der Waals surface area contributed by atoms with Crippen LogP contribution in [0.25, 0.3) is 0 Å².